The van der Waals surface area contributed by atoms with Gasteiger partial charge in [-0.1, -0.05) is 158 Å². The number of para-hydroxylation sites is 4. The van der Waals surface area contributed by atoms with Crippen molar-refractivity contribution in [3.8, 4) is 67.8 Å². The molecule has 3 aromatic heterocycles. The molecule has 69 heavy (non-hydrogen) atoms. The van der Waals surface area contributed by atoms with Crippen molar-refractivity contribution >= 4 is 43.6 Å². The Morgan fingerprint density at radius 3 is 0.957 bits per heavy atom. The van der Waals surface area contributed by atoms with Crippen LogP contribution in [0.5, 0.6) is 0 Å². The zero-order chi connectivity index (χ0) is 45.2. The van der Waals surface area contributed by atoms with Gasteiger partial charge in [0.25, 0.3) is 0 Å². The molecule has 0 radical (unpaired) electrons. The summed E-state index contributed by atoms with van der Waals surface area (Å²) < 4.78 is 4.68. The molecule has 0 unspecified atom stereocenters. The molecule has 0 saturated heterocycles. The lowest BCUT2D eigenvalue weighted by Crippen LogP contribution is -2.25. The zero-order valence-corrected chi connectivity index (χ0v) is 37.3. The summed E-state index contributed by atoms with van der Waals surface area (Å²) >= 11 is 0. The predicted molar refractivity (Wildman–Crippen MR) is 281 cm³/mol. The summed E-state index contributed by atoms with van der Waals surface area (Å²) in [6.07, 6.45) is 0. The third-order valence-electron chi connectivity index (χ3n) is 14.8. The van der Waals surface area contributed by atoms with Crippen LogP contribution in [0.1, 0.15) is 22.3 Å². The largest absolute Gasteiger partial charge is 0.309 e. The van der Waals surface area contributed by atoms with E-state index >= 15 is 0 Å². The number of aromatic nitrogens is 5. The Morgan fingerprint density at radius 1 is 0.261 bits per heavy atom. The maximum atomic E-state index is 5.36. The molecule has 320 valence electrons. The molecule has 0 amide bonds. The number of hydrogen-bond donors (Lipinski definition) is 0. The zero-order valence-electron chi connectivity index (χ0n) is 37.3. The van der Waals surface area contributed by atoms with Crippen molar-refractivity contribution in [2.24, 2.45) is 0 Å². The topological polar surface area (TPSA) is 48.5 Å². The summed E-state index contributed by atoms with van der Waals surface area (Å²) in [6.45, 7) is 0. The van der Waals surface area contributed by atoms with E-state index in [9.17, 15) is 0 Å². The van der Waals surface area contributed by atoms with E-state index in [1.54, 1.807) is 0 Å². The van der Waals surface area contributed by atoms with Crippen LogP contribution in [0, 0.1) is 0 Å². The third kappa shape index (κ3) is 5.32. The molecule has 5 nitrogen and oxygen atoms in total. The maximum Gasteiger partial charge on any atom is 0.164 e. The first-order valence-corrected chi connectivity index (χ1v) is 23.6. The molecule has 10 aromatic carbocycles. The molecule has 2 aliphatic rings. The fraction of sp³-hybridized carbons (Fsp3) is 0.0156. The molecule has 0 fully saturated rings. The van der Waals surface area contributed by atoms with Gasteiger partial charge in [0.15, 0.2) is 17.5 Å². The number of rotatable bonds is 5. The molecule has 2 aliphatic carbocycles. The Hall–Kier alpha value is -9.19. The van der Waals surface area contributed by atoms with Gasteiger partial charge in [-0.3, -0.25) is 0 Å². The van der Waals surface area contributed by atoms with E-state index in [0.717, 1.165) is 28.1 Å². The van der Waals surface area contributed by atoms with Gasteiger partial charge < -0.3 is 9.13 Å². The van der Waals surface area contributed by atoms with Gasteiger partial charge in [0.2, 0.25) is 0 Å². The van der Waals surface area contributed by atoms with Gasteiger partial charge in [-0.05, 0) is 123 Å². The minimum atomic E-state index is -0.487. The van der Waals surface area contributed by atoms with Crippen LogP contribution in [-0.2, 0) is 5.41 Å². The SMILES string of the molecule is c1ccc2c(c1)-c1ccccc1C21c2ccccc2-c2ccc(-c3nc(-c4ccc(-n5c6ccccc6c6ccccc65)cc4)nc(-c4ccc(-n5c6ccccc6c6ccccc65)cc4)n3)cc21. The van der Waals surface area contributed by atoms with Crippen LogP contribution in [-0.4, -0.2) is 24.1 Å². The summed E-state index contributed by atoms with van der Waals surface area (Å²) in [7, 11) is 0. The smallest absolute Gasteiger partial charge is 0.164 e. The van der Waals surface area contributed by atoms with E-state index in [1.807, 2.05) is 0 Å². The fourth-order valence-corrected chi connectivity index (χ4v) is 11.9. The van der Waals surface area contributed by atoms with Crippen LogP contribution in [0.25, 0.3) is 111 Å². The van der Waals surface area contributed by atoms with E-state index in [-0.39, 0.29) is 0 Å². The molecular weight excluding hydrogens is 839 g/mol. The normalized spacial score (nSPS) is 13.0. The molecule has 0 N–H and O–H groups in total. The highest BCUT2D eigenvalue weighted by atomic mass is 15.0. The average molecular weight is 878 g/mol. The Bertz CT molecular complexity index is 3910. The van der Waals surface area contributed by atoms with E-state index in [0.29, 0.717) is 17.5 Å². The van der Waals surface area contributed by atoms with Gasteiger partial charge in [-0.25, -0.2) is 15.0 Å². The molecule has 5 heteroatoms. The second-order valence-electron chi connectivity index (χ2n) is 18.3. The molecule has 0 bridgehead atoms. The fourth-order valence-electron chi connectivity index (χ4n) is 11.9. The highest BCUT2D eigenvalue weighted by Gasteiger charge is 2.51. The van der Waals surface area contributed by atoms with Crippen LogP contribution >= 0.6 is 0 Å². The van der Waals surface area contributed by atoms with Crippen molar-refractivity contribution in [1.29, 1.82) is 0 Å². The standard InChI is InChI=1S/C64H39N5/c1-8-22-53-45(15-1)46-16-2-9-23-54(46)64(53)55-24-10-3-17-47(55)48-38-33-42(39-56(48)64)63-66-61(40-29-34-43(35-30-40)68-57-25-11-4-18-49(57)50-19-5-12-26-58(50)68)65-62(67-63)41-31-36-44(37-32-41)69-59-27-13-6-20-51(59)52-21-7-14-28-60(52)69/h1-39H. The number of nitrogens with zero attached hydrogens (tertiary/aromatic N) is 5. The number of benzene rings is 10. The van der Waals surface area contributed by atoms with Crippen molar-refractivity contribution in [2.75, 3.05) is 0 Å². The highest BCUT2D eigenvalue weighted by molar-refractivity contribution is 6.10. The van der Waals surface area contributed by atoms with Crippen LogP contribution in [0.4, 0.5) is 0 Å². The molecule has 15 rings (SSSR count). The Morgan fingerprint density at radius 2 is 0.565 bits per heavy atom. The minimum Gasteiger partial charge on any atom is -0.309 e. The summed E-state index contributed by atoms with van der Waals surface area (Å²) in [5.74, 6) is 1.86. The summed E-state index contributed by atoms with van der Waals surface area (Å²) in [5.41, 5.74) is 19.3. The Labute approximate surface area is 397 Å². The van der Waals surface area contributed by atoms with Crippen molar-refractivity contribution in [1.82, 2.24) is 24.1 Å². The predicted octanol–water partition coefficient (Wildman–Crippen LogP) is 15.4. The highest BCUT2D eigenvalue weighted by Crippen LogP contribution is 2.63. The second kappa shape index (κ2) is 14.4. The van der Waals surface area contributed by atoms with Gasteiger partial charge in [0, 0.05) is 49.6 Å². The molecule has 13 aromatic rings. The molecule has 0 atom stereocenters. The van der Waals surface area contributed by atoms with Gasteiger partial charge in [-0.2, -0.15) is 0 Å². The summed E-state index contributed by atoms with van der Waals surface area (Å²) in [5, 5.41) is 4.93. The minimum absolute atomic E-state index is 0.487. The van der Waals surface area contributed by atoms with Crippen molar-refractivity contribution in [3.05, 3.63) is 259 Å². The van der Waals surface area contributed by atoms with Crippen molar-refractivity contribution in [3.63, 3.8) is 0 Å². The van der Waals surface area contributed by atoms with Crippen molar-refractivity contribution in [2.45, 2.75) is 5.41 Å². The number of hydrogen-bond acceptors (Lipinski definition) is 3. The Kier molecular flexibility index (Phi) is 7.93. The first-order valence-electron chi connectivity index (χ1n) is 23.6. The average Bonchev–Trinajstić information content (AvgIpc) is 4.13. The van der Waals surface area contributed by atoms with Gasteiger partial charge in [-0.15, -0.1) is 0 Å². The van der Waals surface area contributed by atoms with E-state index in [4.69, 9.17) is 15.0 Å². The lowest BCUT2D eigenvalue weighted by atomic mass is 9.70. The van der Waals surface area contributed by atoms with Gasteiger partial charge in [0.1, 0.15) is 0 Å². The van der Waals surface area contributed by atoms with E-state index in [1.165, 1.54) is 88.1 Å². The van der Waals surface area contributed by atoms with Crippen LogP contribution < -0.4 is 0 Å². The molecule has 1 spiro atoms. The van der Waals surface area contributed by atoms with Gasteiger partial charge in [0.05, 0.1) is 27.5 Å². The first-order chi connectivity index (χ1) is 34.2. The Balaban J connectivity index is 0.912. The quantitative estimate of drug-likeness (QED) is 0.173. The van der Waals surface area contributed by atoms with E-state index < -0.39 is 5.41 Å². The second-order valence-corrected chi connectivity index (χ2v) is 18.3. The lowest BCUT2D eigenvalue weighted by Gasteiger charge is -2.30. The molecule has 3 heterocycles. The lowest BCUT2D eigenvalue weighted by molar-refractivity contribution is 0.794. The van der Waals surface area contributed by atoms with E-state index in [2.05, 4.69) is 246 Å². The van der Waals surface area contributed by atoms with Gasteiger partial charge >= 0.3 is 0 Å². The first kappa shape index (κ1) is 38.0. The van der Waals surface area contributed by atoms with Crippen LogP contribution in [0.15, 0.2) is 237 Å². The third-order valence-corrected chi connectivity index (χ3v) is 14.8. The van der Waals surface area contributed by atoms with Crippen molar-refractivity contribution < 1.29 is 0 Å². The van der Waals surface area contributed by atoms with Crippen LogP contribution in [0.3, 0.4) is 0 Å². The van der Waals surface area contributed by atoms with Crippen LogP contribution in [0.2, 0.25) is 0 Å². The summed E-state index contributed by atoms with van der Waals surface area (Å²) in [4.78, 5) is 16.0. The number of fused-ring (bicyclic) bond motifs is 16. The summed E-state index contributed by atoms with van der Waals surface area (Å²) in [6, 6.07) is 85.4. The maximum absolute atomic E-state index is 5.36. The monoisotopic (exact) mass is 877 g/mol. The molecular formula is C64H39N5. The molecule has 0 saturated carbocycles. The molecule has 0 aliphatic heterocycles.